The Bertz CT molecular complexity index is 363. The highest BCUT2D eigenvalue weighted by Gasteiger charge is 2.08. The predicted molar refractivity (Wildman–Crippen MR) is 63.4 cm³/mol. The fourth-order valence-corrected chi connectivity index (χ4v) is 1.55. The lowest BCUT2D eigenvalue weighted by Crippen LogP contribution is -2.00. The summed E-state index contributed by atoms with van der Waals surface area (Å²) in [5.74, 6) is -0.409. The molecule has 16 heavy (non-hydrogen) atoms. The van der Waals surface area contributed by atoms with Gasteiger partial charge in [-0.1, -0.05) is 31.4 Å². The molecule has 0 fully saturated rings. The van der Waals surface area contributed by atoms with Crippen LogP contribution in [0, 0.1) is 0 Å². The van der Waals surface area contributed by atoms with Crippen LogP contribution in [0.25, 0.3) is 0 Å². The number of carbonyl (C=O) groups is 1. The Labute approximate surface area is 100.0 Å². The number of carboxylic acids is 1. The van der Waals surface area contributed by atoms with E-state index in [4.69, 9.17) is 21.4 Å². The van der Waals surface area contributed by atoms with Gasteiger partial charge in [-0.2, -0.15) is 0 Å². The average Bonchev–Trinajstić information content (AvgIpc) is 2.24. The lowest BCUT2D eigenvalue weighted by atomic mass is 10.2. The number of hydrogen-bond acceptors (Lipinski definition) is 2. The van der Waals surface area contributed by atoms with Gasteiger partial charge in [0.05, 0.1) is 17.2 Å². The molecule has 1 rings (SSSR count). The van der Waals surface area contributed by atoms with Gasteiger partial charge >= 0.3 is 5.97 Å². The van der Waals surface area contributed by atoms with E-state index in [0.717, 1.165) is 19.3 Å². The first kappa shape index (κ1) is 12.8. The number of aromatic carboxylic acids is 1. The zero-order chi connectivity index (χ0) is 12.0. The number of rotatable bonds is 6. The molecule has 0 amide bonds. The van der Waals surface area contributed by atoms with Crippen molar-refractivity contribution in [2.45, 2.75) is 26.2 Å². The summed E-state index contributed by atoms with van der Waals surface area (Å²) in [5, 5.41) is 8.99. The third-order valence-corrected chi connectivity index (χ3v) is 2.50. The number of unbranched alkanes of at least 4 members (excludes halogenated alkanes) is 2. The van der Waals surface area contributed by atoms with E-state index >= 15 is 0 Å². The molecule has 0 aromatic heterocycles. The van der Waals surface area contributed by atoms with E-state index in [9.17, 15) is 4.79 Å². The van der Waals surface area contributed by atoms with E-state index in [0.29, 0.717) is 12.4 Å². The normalized spacial score (nSPS) is 10.1. The SMILES string of the molecule is CCCCCOc1ccc(C(=O)O)c(Cl)c1. The lowest BCUT2D eigenvalue weighted by Gasteiger charge is -2.07. The van der Waals surface area contributed by atoms with Crippen molar-refractivity contribution < 1.29 is 14.6 Å². The van der Waals surface area contributed by atoms with Crippen LogP contribution in [0.3, 0.4) is 0 Å². The van der Waals surface area contributed by atoms with E-state index < -0.39 is 5.97 Å². The molecule has 0 heterocycles. The van der Waals surface area contributed by atoms with Gasteiger partial charge in [-0.05, 0) is 24.6 Å². The molecule has 0 saturated heterocycles. The Morgan fingerprint density at radius 3 is 2.75 bits per heavy atom. The summed E-state index contributed by atoms with van der Waals surface area (Å²) < 4.78 is 5.45. The number of carboxylic acid groups (broad SMARTS) is 1. The predicted octanol–water partition coefficient (Wildman–Crippen LogP) is 3.61. The third kappa shape index (κ3) is 3.74. The molecule has 1 N–H and O–H groups in total. The molecule has 0 atom stereocenters. The molecule has 88 valence electrons. The van der Waals surface area contributed by atoms with E-state index in [1.165, 1.54) is 12.1 Å². The Hall–Kier alpha value is -1.22. The molecule has 1 aromatic carbocycles. The van der Waals surface area contributed by atoms with Gasteiger partial charge in [0.15, 0.2) is 0 Å². The van der Waals surface area contributed by atoms with Crippen LogP contribution < -0.4 is 4.74 Å². The minimum absolute atomic E-state index is 0.0996. The summed E-state index contributed by atoms with van der Waals surface area (Å²) in [7, 11) is 0. The van der Waals surface area contributed by atoms with Gasteiger partial charge in [0, 0.05) is 0 Å². The maximum atomic E-state index is 10.7. The standard InChI is InChI=1S/C12H15ClO3/c1-2-3-4-7-16-9-5-6-10(12(14)15)11(13)8-9/h5-6,8H,2-4,7H2,1H3,(H,14,15). The molecule has 0 aliphatic carbocycles. The highest BCUT2D eigenvalue weighted by molar-refractivity contribution is 6.33. The van der Waals surface area contributed by atoms with E-state index in [2.05, 4.69) is 6.92 Å². The lowest BCUT2D eigenvalue weighted by molar-refractivity contribution is 0.0697. The molecule has 1 aromatic rings. The van der Waals surface area contributed by atoms with Crippen molar-refractivity contribution in [3.63, 3.8) is 0 Å². The molecular formula is C12H15ClO3. The van der Waals surface area contributed by atoms with Crippen LogP contribution in [-0.4, -0.2) is 17.7 Å². The number of halogens is 1. The highest BCUT2D eigenvalue weighted by atomic mass is 35.5. The summed E-state index contributed by atoms with van der Waals surface area (Å²) in [6.07, 6.45) is 3.26. The van der Waals surface area contributed by atoms with Crippen LogP contribution in [0.1, 0.15) is 36.5 Å². The maximum absolute atomic E-state index is 10.7. The molecule has 0 radical (unpaired) electrons. The quantitative estimate of drug-likeness (QED) is 0.776. The summed E-state index contributed by atoms with van der Waals surface area (Å²) in [5.41, 5.74) is 0.0996. The number of benzene rings is 1. The smallest absolute Gasteiger partial charge is 0.337 e. The molecule has 0 aliphatic rings. The Kier molecular flexibility index (Phi) is 5.12. The van der Waals surface area contributed by atoms with Crippen molar-refractivity contribution in [2.75, 3.05) is 6.61 Å². The van der Waals surface area contributed by atoms with Crippen molar-refractivity contribution in [3.8, 4) is 5.75 Å². The minimum atomic E-state index is -1.03. The van der Waals surface area contributed by atoms with Crippen molar-refractivity contribution in [2.24, 2.45) is 0 Å². The fraction of sp³-hybridized carbons (Fsp3) is 0.417. The topological polar surface area (TPSA) is 46.5 Å². The third-order valence-electron chi connectivity index (χ3n) is 2.19. The van der Waals surface area contributed by atoms with Gasteiger partial charge in [0.1, 0.15) is 5.75 Å². The minimum Gasteiger partial charge on any atom is -0.494 e. The van der Waals surface area contributed by atoms with Crippen LogP contribution in [0.4, 0.5) is 0 Å². The average molecular weight is 243 g/mol. The van der Waals surface area contributed by atoms with Crippen LogP contribution in [-0.2, 0) is 0 Å². The zero-order valence-corrected chi connectivity index (χ0v) is 9.96. The summed E-state index contributed by atoms with van der Waals surface area (Å²) in [4.78, 5) is 10.7. The second kappa shape index (κ2) is 6.38. The molecule has 0 aliphatic heterocycles. The van der Waals surface area contributed by atoms with Crippen LogP contribution in [0.15, 0.2) is 18.2 Å². The Balaban J connectivity index is 2.56. The van der Waals surface area contributed by atoms with Crippen molar-refractivity contribution in [3.05, 3.63) is 28.8 Å². The van der Waals surface area contributed by atoms with Gasteiger partial charge in [-0.15, -0.1) is 0 Å². The monoisotopic (exact) mass is 242 g/mol. The van der Waals surface area contributed by atoms with Crippen molar-refractivity contribution in [1.29, 1.82) is 0 Å². The Morgan fingerprint density at radius 2 is 2.19 bits per heavy atom. The summed E-state index contributed by atoms with van der Waals surface area (Å²) in [6.45, 7) is 2.76. The summed E-state index contributed by atoms with van der Waals surface area (Å²) in [6, 6.07) is 4.62. The van der Waals surface area contributed by atoms with Gasteiger partial charge in [-0.3, -0.25) is 0 Å². The van der Waals surface area contributed by atoms with E-state index in [1.54, 1.807) is 6.07 Å². The molecular weight excluding hydrogens is 228 g/mol. The van der Waals surface area contributed by atoms with E-state index in [1.807, 2.05) is 0 Å². The van der Waals surface area contributed by atoms with E-state index in [-0.39, 0.29) is 10.6 Å². The van der Waals surface area contributed by atoms with Gasteiger partial charge in [0.25, 0.3) is 0 Å². The van der Waals surface area contributed by atoms with Crippen LogP contribution in [0.2, 0.25) is 5.02 Å². The maximum Gasteiger partial charge on any atom is 0.337 e. The van der Waals surface area contributed by atoms with Crippen LogP contribution >= 0.6 is 11.6 Å². The molecule has 0 saturated carbocycles. The molecule has 0 unspecified atom stereocenters. The van der Waals surface area contributed by atoms with Gasteiger partial charge < -0.3 is 9.84 Å². The van der Waals surface area contributed by atoms with Gasteiger partial charge in [0.2, 0.25) is 0 Å². The van der Waals surface area contributed by atoms with Crippen molar-refractivity contribution in [1.82, 2.24) is 0 Å². The second-order valence-electron chi connectivity index (χ2n) is 3.50. The first-order chi connectivity index (χ1) is 7.65. The Morgan fingerprint density at radius 1 is 1.44 bits per heavy atom. The molecule has 0 spiro atoms. The zero-order valence-electron chi connectivity index (χ0n) is 9.20. The number of ether oxygens (including phenoxy) is 1. The second-order valence-corrected chi connectivity index (χ2v) is 3.91. The molecule has 3 nitrogen and oxygen atoms in total. The molecule has 0 bridgehead atoms. The summed E-state index contributed by atoms with van der Waals surface area (Å²) >= 11 is 5.80. The molecule has 4 heteroatoms. The fourth-order valence-electron chi connectivity index (χ4n) is 1.30. The largest absolute Gasteiger partial charge is 0.494 e. The number of hydrogen-bond donors (Lipinski definition) is 1. The first-order valence-electron chi connectivity index (χ1n) is 5.30. The first-order valence-corrected chi connectivity index (χ1v) is 5.68. The van der Waals surface area contributed by atoms with Crippen molar-refractivity contribution >= 4 is 17.6 Å². The van der Waals surface area contributed by atoms with Gasteiger partial charge in [-0.25, -0.2) is 4.79 Å². The van der Waals surface area contributed by atoms with Crippen LogP contribution in [0.5, 0.6) is 5.75 Å². The highest BCUT2D eigenvalue weighted by Crippen LogP contribution is 2.22.